The van der Waals surface area contributed by atoms with Crippen molar-refractivity contribution in [3.05, 3.63) is 29.8 Å². The molecule has 2 atom stereocenters. The Bertz CT molecular complexity index is 499. The topological polar surface area (TPSA) is 47.6 Å². The third-order valence-corrected chi connectivity index (χ3v) is 4.15. The minimum absolute atomic E-state index is 0.0168. The SMILES string of the molecule is CC(OCC1CC1)C(=O)NC1CCCOc2ccccc21. The molecule has 1 amide bonds. The van der Waals surface area contributed by atoms with Gasteiger partial charge in [-0.05, 0) is 44.6 Å². The van der Waals surface area contributed by atoms with Crippen LogP contribution in [0.25, 0.3) is 0 Å². The van der Waals surface area contributed by atoms with E-state index in [1.54, 1.807) is 0 Å². The summed E-state index contributed by atoms with van der Waals surface area (Å²) < 4.78 is 11.4. The summed E-state index contributed by atoms with van der Waals surface area (Å²) in [5.74, 6) is 1.52. The number of ether oxygens (including phenoxy) is 2. The highest BCUT2D eigenvalue weighted by Crippen LogP contribution is 2.31. The highest BCUT2D eigenvalue weighted by molar-refractivity contribution is 5.80. The average Bonchev–Trinajstić information content (AvgIpc) is 3.32. The van der Waals surface area contributed by atoms with Gasteiger partial charge in [-0.2, -0.15) is 0 Å². The molecule has 0 aromatic heterocycles. The van der Waals surface area contributed by atoms with Crippen LogP contribution in [0.1, 0.15) is 44.2 Å². The molecule has 1 N–H and O–H groups in total. The summed E-state index contributed by atoms with van der Waals surface area (Å²) in [6, 6.07) is 7.96. The molecule has 1 saturated carbocycles. The largest absolute Gasteiger partial charge is 0.493 e. The smallest absolute Gasteiger partial charge is 0.249 e. The van der Waals surface area contributed by atoms with Gasteiger partial charge >= 0.3 is 0 Å². The zero-order chi connectivity index (χ0) is 14.7. The van der Waals surface area contributed by atoms with Crippen LogP contribution in [0.5, 0.6) is 5.75 Å². The Morgan fingerprint density at radius 3 is 3.00 bits per heavy atom. The van der Waals surface area contributed by atoms with Crippen molar-refractivity contribution in [2.45, 2.75) is 44.8 Å². The third-order valence-electron chi connectivity index (χ3n) is 4.15. The molecule has 3 rings (SSSR count). The van der Waals surface area contributed by atoms with Gasteiger partial charge in [0.05, 0.1) is 19.3 Å². The van der Waals surface area contributed by atoms with Crippen LogP contribution in [-0.4, -0.2) is 25.2 Å². The van der Waals surface area contributed by atoms with Gasteiger partial charge in [-0.25, -0.2) is 0 Å². The third kappa shape index (κ3) is 3.76. The van der Waals surface area contributed by atoms with Crippen LogP contribution in [0.3, 0.4) is 0 Å². The Labute approximate surface area is 125 Å². The molecule has 1 aromatic rings. The molecular formula is C17H23NO3. The molecule has 0 saturated heterocycles. The van der Waals surface area contributed by atoms with Crippen molar-refractivity contribution in [2.24, 2.45) is 5.92 Å². The van der Waals surface area contributed by atoms with E-state index >= 15 is 0 Å². The average molecular weight is 289 g/mol. The van der Waals surface area contributed by atoms with E-state index in [0.29, 0.717) is 19.1 Å². The number of rotatable bonds is 5. The first-order valence-corrected chi connectivity index (χ1v) is 7.88. The second-order valence-electron chi connectivity index (χ2n) is 6.01. The lowest BCUT2D eigenvalue weighted by Gasteiger charge is -2.21. The van der Waals surface area contributed by atoms with E-state index in [9.17, 15) is 4.79 Å². The van der Waals surface area contributed by atoms with Crippen molar-refractivity contribution >= 4 is 5.91 Å². The summed E-state index contributed by atoms with van der Waals surface area (Å²) in [5, 5.41) is 3.12. The molecule has 1 fully saturated rings. The number of hydrogen-bond acceptors (Lipinski definition) is 3. The first kappa shape index (κ1) is 14.4. The lowest BCUT2D eigenvalue weighted by atomic mass is 10.0. The predicted molar refractivity (Wildman–Crippen MR) is 80.2 cm³/mol. The van der Waals surface area contributed by atoms with Gasteiger partial charge in [0.15, 0.2) is 0 Å². The molecule has 4 heteroatoms. The Morgan fingerprint density at radius 2 is 2.19 bits per heavy atom. The Morgan fingerprint density at radius 1 is 1.38 bits per heavy atom. The lowest BCUT2D eigenvalue weighted by Crippen LogP contribution is -2.37. The molecule has 114 valence electrons. The van der Waals surface area contributed by atoms with Gasteiger partial charge in [0.25, 0.3) is 0 Å². The number of hydrogen-bond donors (Lipinski definition) is 1. The quantitative estimate of drug-likeness (QED) is 0.906. The fraction of sp³-hybridized carbons (Fsp3) is 0.588. The molecule has 1 aliphatic heterocycles. The minimum atomic E-state index is -0.387. The fourth-order valence-corrected chi connectivity index (χ4v) is 2.60. The number of carbonyl (C=O) groups is 1. The fourth-order valence-electron chi connectivity index (χ4n) is 2.60. The van der Waals surface area contributed by atoms with Crippen LogP contribution in [0.15, 0.2) is 24.3 Å². The number of carbonyl (C=O) groups excluding carboxylic acids is 1. The molecular weight excluding hydrogens is 266 g/mol. The van der Waals surface area contributed by atoms with Gasteiger partial charge in [0.1, 0.15) is 11.9 Å². The first-order chi connectivity index (χ1) is 10.2. The summed E-state index contributed by atoms with van der Waals surface area (Å²) in [4.78, 5) is 12.3. The Balaban J connectivity index is 1.61. The standard InChI is InChI=1S/C17H23NO3/c1-12(21-11-13-8-9-13)17(19)18-15-6-4-10-20-16-7-3-2-5-14(15)16/h2-3,5,7,12-13,15H,4,6,8-11H2,1H3,(H,18,19). The van der Waals surface area contributed by atoms with Crippen molar-refractivity contribution in [1.29, 1.82) is 0 Å². The van der Waals surface area contributed by atoms with Crippen molar-refractivity contribution in [2.75, 3.05) is 13.2 Å². The van der Waals surface area contributed by atoms with Gasteiger partial charge in [-0.1, -0.05) is 18.2 Å². The maximum Gasteiger partial charge on any atom is 0.249 e. The highest BCUT2D eigenvalue weighted by atomic mass is 16.5. The highest BCUT2D eigenvalue weighted by Gasteiger charge is 2.26. The number of para-hydroxylation sites is 1. The molecule has 4 nitrogen and oxygen atoms in total. The minimum Gasteiger partial charge on any atom is -0.493 e. The van der Waals surface area contributed by atoms with Crippen molar-refractivity contribution in [3.8, 4) is 5.75 Å². The number of fused-ring (bicyclic) bond motifs is 1. The zero-order valence-corrected chi connectivity index (χ0v) is 12.5. The van der Waals surface area contributed by atoms with Gasteiger partial charge < -0.3 is 14.8 Å². The maximum absolute atomic E-state index is 12.3. The van der Waals surface area contributed by atoms with Crippen molar-refractivity contribution < 1.29 is 14.3 Å². The summed E-state index contributed by atoms with van der Waals surface area (Å²) in [6.45, 7) is 3.24. The molecule has 0 radical (unpaired) electrons. The summed E-state index contributed by atoms with van der Waals surface area (Å²) in [5.41, 5.74) is 1.07. The van der Waals surface area contributed by atoms with E-state index in [1.807, 2.05) is 31.2 Å². The van der Waals surface area contributed by atoms with Gasteiger partial charge in [0, 0.05) is 5.56 Å². The molecule has 2 aliphatic rings. The lowest BCUT2D eigenvalue weighted by molar-refractivity contribution is -0.132. The maximum atomic E-state index is 12.3. The van der Waals surface area contributed by atoms with Gasteiger partial charge in [0.2, 0.25) is 5.91 Å². The normalized spacial score (nSPS) is 22.6. The molecule has 1 heterocycles. The molecule has 2 unspecified atom stereocenters. The molecule has 1 aromatic carbocycles. The van der Waals surface area contributed by atoms with Crippen LogP contribution in [-0.2, 0) is 9.53 Å². The van der Waals surface area contributed by atoms with E-state index in [0.717, 1.165) is 24.2 Å². The zero-order valence-electron chi connectivity index (χ0n) is 12.5. The summed E-state index contributed by atoms with van der Waals surface area (Å²) in [7, 11) is 0. The van der Waals surface area contributed by atoms with Crippen LogP contribution < -0.4 is 10.1 Å². The van der Waals surface area contributed by atoms with E-state index in [1.165, 1.54) is 12.8 Å². The second-order valence-corrected chi connectivity index (χ2v) is 6.01. The molecule has 0 spiro atoms. The summed E-state index contributed by atoms with van der Waals surface area (Å²) >= 11 is 0. The van der Waals surface area contributed by atoms with E-state index in [2.05, 4.69) is 5.32 Å². The molecule has 0 bridgehead atoms. The number of amides is 1. The van der Waals surface area contributed by atoms with Gasteiger partial charge in [-0.3, -0.25) is 4.79 Å². The van der Waals surface area contributed by atoms with Crippen molar-refractivity contribution in [3.63, 3.8) is 0 Å². The van der Waals surface area contributed by atoms with Crippen LogP contribution in [0.2, 0.25) is 0 Å². The Hall–Kier alpha value is -1.55. The van der Waals surface area contributed by atoms with Crippen LogP contribution >= 0.6 is 0 Å². The molecule has 1 aliphatic carbocycles. The van der Waals surface area contributed by atoms with Gasteiger partial charge in [-0.15, -0.1) is 0 Å². The second kappa shape index (κ2) is 6.48. The monoisotopic (exact) mass is 289 g/mol. The number of nitrogens with one attached hydrogen (secondary N) is 1. The van der Waals surface area contributed by atoms with Crippen LogP contribution in [0, 0.1) is 5.92 Å². The van der Waals surface area contributed by atoms with Crippen LogP contribution in [0.4, 0.5) is 0 Å². The predicted octanol–water partition coefficient (Wildman–Crippen LogP) is 2.83. The summed E-state index contributed by atoms with van der Waals surface area (Å²) in [6.07, 6.45) is 3.93. The molecule has 21 heavy (non-hydrogen) atoms. The van der Waals surface area contributed by atoms with E-state index < -0.39 is 0 Å². The van der Waals surface area contributed by atoms with E-state index in [-0.39, 0.29) is 18.1 Å². The number of benzene rings is 1. The van der Waals surface area contributed by atoms with E-state index in [4.69, 9.17) is 9.47 Å². The van der Waals surface area contributed by atoms with Crippen molar-refractivity contribution in [1.82, 2.24) is 5.32 Å². The Kier molecular flexibility index (Phi) is 4.44. The first-order valence-electron chi connectivity index (χ1n) is 7.88.